The molecule has 0 saturated heterocycles. The average Bonchev–Trinajstić information content (AvgIpc) is 2.87. The summed E-state index contributed by atoms with van der Waals surface area (Å²) in [5.74, 6) is 0. The van der Waals surface area contributed by atoms with Crippen molar-refractivity contribution in [2.24, 2.45) is 0 Å². The summed E-state index contributed by atoms with van der Waals surface area (Å²) < 4.78 is 12.5. The molecule has 0 aliphatic rings. The second-order valence-electron chi connectivity index (χ2n) is 4.56. The Hall–Kier alpha value is -0.910. The van der Waals surface area contributed by atoms with Gasteiger partial charge in [-0.05, 0) is 19.4 Å². The molecule has 1 N–H and O–H groups in total. The van der Waals surface area contributed by atoms with Crippen molar-refractivity contribution in [2.75, 3.05) is 40.0 Å². The Morgan fingerprint density at radius 2 is 2.16 bits per heavy atom. The van der Waals surface area contributed by atoms with Crippen molar-refractivity contribution in [2.45, 2.75) is 32.7 Å². The van der Waals surface area contributed by atoms with E-state index in [1.54, 1.807) is 7.11 Å². The first-order chi connectivity index (χ1) is 9.36. The average molecular weight is 269 g/mol. The van der Waals surface area contributed by atoms with Gasteiger partial charge in [-0.3, -0.25) is 0 Å². The van der Waals surface area contributed by atoms with E-state index in [9.17, 15) is 0 Å². The van der Waals surface area contributed by atoms with Crippen molar-refractivity contribution in [1.29, 1.82) is 0 Å². The van der Waals surface area contributed by atoms with Crippen molar-refractivity contribution in [3.8, 4) is 0 Å². The van der Waals surface area contributed by atoms with Crippen LogP contribution in [0.2, 0.25) is 0 Å². The van der Waals surface area contributed by atoms with E-state index in [0.29, 0.717) is 13.2 Å². The van der Waals surface area contributed by atoms with Crippen molar-refractivity contribution in [3.63, 3.8) is 0 Å². The quantitative estimate of drug-likeness (QED) is 0.584. The van der Waals surface area contributed by atoms with Crippen LogP contribution >= 0.6 is 0 Å². The highest BCUT2D eigenvalue weighted by molar-refractivity contribution is 4.97. The Morgan fingerprint density at radius 1 is 1.26 bits per heavy atom. The fraction of sp³-hybridized carbons (Fsp3) is 0.786. The molecule has 0 spiro atoms. The van der Waals surface area contributed by atoms with Gasteiger partial charge in [0.25, 0.3) is 0 Å². The van der Waals surface area contributed by atoms with Gasteiger partial charge in [0.15, 0.2) is 0 Å². The molecule has 0 saturated carbocycles. The first-order valence-corrected chi connectivity index (χ1v) is 7.15. The lowest BCUT2D eigenvalue weighted by Crippen LogP contribution is -2.17. The highest BCUT2D eigenvalue weighted by Gasteiger charge is 1.98. The zero-order valence-electron chi connectivity index (χ0n) is 12.2. The molecule has 1 aromatic heterocycles. The van der Waals surface area contributed by atoms with E-state index in [4.69, 9.17) is 9.47 Å². The van der Waals surface area contributed by atoms with Gasteiger partial charge >= 0.3 is 0 Å². The van der Waals surface area contributed by atoms with Crippen molar-refractivity contribution in [3.05, 3.63) is 18.2 Å². The minimum atomic E-state index is 0.667. The van der Waals surface area contributed by atoms with Crippen molar-refractivity contribution >= 4 is 0 Å². The van der Waals surface area contributed by atoms with Gasteiger partial charge in [0.2, 0.25) is 0 Å². The molecule has 0 atom stereocenters. The minimum absolute atomic E-state index is 0.667. The van der Waals surface area contributed by atoms with E-state index in [1.807, 2.05) is 6.33 Å². The van der Waals surface area contributed by atoms with Crippen molar-refractivity contribution in [1.82, 2.24) is 14.9 Å². The van der Waals surface area contributed by atoms with E-state index >= 15 is 0 Å². The lowest BCUT2D eigenvalue weighted by Gasteiger charge is -2.04. The Bertz CT molecular complexity index is 315. The standard InChI is InChI=1S/C14H27N3O2/c1-3-6-15-7-5-14-12-17(13-16-14)8-4-9-19-11-10-18-2/h12-13,15H,3-11H2,1-2H3. The zero-order valence-corrected chi connectivity index (χ0v) is 12.2. The van der Waals surface area contributed by atoms with Crippen LogP contribution in [-0.4, -0.2) is 49.6 Å². The van der Waals surface area contributed by atoms with Crippen LogP contribution in [-0.2, 0) is 22.4 Å². The van der Waals surface area contributed by atoms with Crippen LogP contribution in [0.1, 0.15) is 25.5 Å². The molecule has 5 heteroatoms. The van der Waals surface area contributed by atoms with Crippen LogP contribution in [0.5, 0.6) is 0 Å². The third kappa shape index (κ3) is 7.97. The second kappa shape index (κ2) is 11.0. The predicted molar refractivity (Wildman–Crippen MR) is 76.4 cm³/mol. The van der Waals surface area contributed by atoms with Gasteiger partial charge in [-0.25, -0.2) is 4.98 Å². The largest absolute Gasteiger partial charge is 0.382 e. The summed E-state index contributed by atoms with van der Waals surface area (Å²) >= 11 is 0. The van der Waals surface area contributed by atoms with Gasteiger partial charge in [-0.2, -0.15) is 0 Å². The summed E-state index contributed by atoms with van der Waals surface area (Å²) in [5, 5.41) is 3.38. The maximum atomic E-state index is 5.43. The topological polar surface area (TPSA) is 48.3 Å². The van der Waals surface area contributed by atoms with Crippen LogP contribution in [0.15, 0.2) is 12.5 Å². The zero-order chi connectivity index (χ0) is 13.8. The third-order valence-corrected chi connectivity index (χ3v) is 2.81. The summed E-state index contributed by atoms with van der Waals surface area (Å²) in [5.41, 5.74) is 1.16. The number of methoxy groups -OCH3 is 1. The van der Waals surface area contributed by atoms with Gasteiger partial charge in [-0.1, -0.05) is 6.92 Å². The molecule has 0 unspecified atom stereocenters. The van der Waals surface area contributed by atoms with Crippen LogP contribution in [0.3, 0.4) is 0 Å². The molecule has 0 aliphatic heterocycles. The third-order valence-electron chi connectivity index (χ3n) is 2.81. The SMILES string of the molecule is CCCNCCc1cn(CCCOCCOC)cn1. The van der Waals surface area contributed by atoms with Crippen LogP contribution in [0, 0.1) is 0 Å². The number of aryl methyl sites for hydroxylation is 1. The molecule has 0 amide bonds. The van der Waals surface area contributed by atoms with Gasteiger partial charge in [0.05, 0.1) is 25.2 Å². The normalized spacial score (nSPS) is 11.1. The maximum absolute atomic E-state index is 5.43. The highest BCUT2D eigenvalue weighted by atomic mass is 16.5. The molecule has 1 heterocycles. The van der Waals surface area contributed by atoms with Crippen LogP contribution < -0.4 is 5.32 Å². The van der Waals surface area contributed by atoms with E-state index < -0.39 is 0 Å². The molecule has 110 valence electrons. The molecule has 19 heavy (non-hydrogen) atoms. The van der Waals surface area contributed by atoms with Crippen LogP contribution in [0.25, 0.3) is 0 Å². The maximum Gasteiger partial charge on any atom is 0.0949 e. The fourth-order valence-corrected chi connectivity index (χ4v) is 1.77. The molecule has 0 radical (unpaired) electrons. The molecular formula is C14H27N3O2. The van der Waals surface area contributed by atoms with E-state index in [2.05, 4.69) is 28.0 Å². The predicted octanol–water partition coefficient (Wildman–Crippen LogP) is 1.48. The fourth-order valence-electron chi connectivity index (χ4n) is 1.77. The summed E-state index contributed by atoms with van der Waals surface area (Å²) in [7, 11) is 1.69. The number of nitrogens with zero attached hydrogens (tertiary/aromatic N) is 2. The monoisotopic (exact) mass is 269 g/mol. The van der Waals surface area contributed by atoms with Gasteiger partial charge < -0.3 is 19.4 Å². The number of rotatable bonds is 12. The lowest BCUT2D eigenvalue weighted by atomic mass is 10.3. The molecule has 0 bridgehead atoms. The lowest BCUT2D eigenvalue weighted by molar-refractivity contribution is 0.0680. The second-order valence-corrected chi connectivity index (χ2v) is 4.56. The molecule has 0 fully saturated rings. The van der Waals surface area contributed by atoms with E-state index in [1.165, 1.54) is 6.42 Å². The number of hydrogen-bond donors (Lipinski definition) is 1. The molecule has 0 aromatic carbocycles. The summed E-state index contributed by atoms with van der Waals surface area (Å²) in [6, 6.07) is 0. The number of hydrogen-bond acceptors (Lipinski definition) is 4. The van der Waals surface area contributed by atoms with E-state index in [-0.39, 0.29) is 0 Å². The number of aromatic nitrogens is 2. The van der Waals surface area contributed by atoms with Gasteiger partial charge in [0, 0.05) is 39.4 Å². The Labute approximate surface area is 116 Å². The number of nitrogens with one attached hydrogen (secondary N) is 1. The van der Waals surface area contributed by atoms with Gasteiger partial charge in [0.1, 0.15) is 0 Å². The molecular weight excluding hydrogens is 242 g/mol. The molecule has 1 aromatic rings. The first-order valence-electron chi connectivity index (χ1n) is 7.15. The molecule has 0 aliphatic carbocycles. The smallest absolute Gasteiger partial charge is 0.0949 e. The Kier molecular flexibility index (Phi) is 9.32. The first kappa shape index (κ1) is 16.1. The summed E-state index contributed by atoms with van der Waals surface area (Å²) in [6.45, 7) is 7.34. The summed E-state index contributed by atoms with van der Waals surface area (Å²) in [6.07, 6.45) is 7.22. The van der Waals surface area contributed by atoms with E-state index in [0.717, 1.165) is 44.8 Å². The molecule has 5 nitrogen and oxygen atoms in total. The Morgan fingerprint density at radius 3 is 2.95 bits per heavy atom. The van der Waals surface area contributed by atoms with Crippen molar-refractivity contribution < 1.29 is 9.47 Å². The number of imidazole rings is 1. The summed E-state index contributed by atoms with van der Waals surface area (Å²) in [4.78, 5) is 4.40. The minimum Gasteiger partial charge on any atom is -0.382 e. The highest BCUT2D eigenvalue weighted by Crippen LogP contribution is 1.99. The van der Waals surface area contributed by atoms with Gasteiger partial charge in [-0.15, -0.1) is 0 Å². The van der Waals surface area contributed by atoms with Crippen LogP contribution in [0.4, 0.5) is 0 Å². The molecule has 1 rings (SSSR count). The Balaban J connectivity index is 2.06. The number of ether oxygens (including phenoxy) is 2.